The van der Waals surface area contributed by atoms with Gasteiger partial charge in [0.15, 0.2) is 0 Å². The van der Waals surface area contributed by atoms with Crippen LogP contribution in [0.1, 0.15) is 59.3 Å². The molecule has 3 heteroatoms. The molecule has 1 amide bonds. The number of carbonyl (C=O) groups excluding carboxylic acids is 1. The van der Waals surface area contributed by atoms with Crippen molar-refractivity contribution in [3.05, 3.63) is 0 Å². The van der Waals surface area contributed by atoms with E-state index < -0.39 is 0 Å². The Bertz CT molecular complexity index is 237. The van der Waals surface area contributed by atoms with Crippen LogP contribution in [0.3, 0.4) is 0 Å². The van der Waals surface area contributed by atoms with Crippen LogP contribution in [0.15, 0.2) is 0 Å². The molecule has 1 fully saturated rings. The summed E-state index contributed by atoms with van der Waals surface area (Å²) in [5.74, 6) is 1.73. The van der Waals surface area contributed by atoms with Crippen molar-refractivity contribution in [2.24, 2.45) is 17.6 Å². The third kappa shape index (κ3) is 6.67. The zero-order valence-electron chi connectivity index (χ0n) is 11.6. The van der Waals surface area contributed by atoms with E-state index in [0.717, 1.165) is 18.9 Å². The first-order valence-corrected chi connectivity index (χ1v) is 6.92. The first kappa shape index (κ1) is 14.5. The molecule has 0 atom stereocenters. The zero-order valence-corrected chi connectivity index (χ0v) is 11.6. The van der Waals surface area contributed by atoms with E-state index in [-0.39, 0.29) is 11.4 Å². The van der Waals surface area contributed by atoms with Gasteiger partial charge in [0, 0.05) is 18.5 Å². The molecule has 17 heavy (non-hydrogen) atoms. The minimum Gasteiger partial charge on any atom is -0.356 e. The van der Waals surface area contributed by atoms with Crippen molar-refractivity contribution in [2.45, 2.75) is 64.8 Å². The lowest BCUT2D eigenvalue weighted by atomic mass is 9.83. The van der Waals surface area contributed by atoms with Crippen LogP contribution in [0, 0.1) is 11.8 Å². The van der Waals surface area contributed by atoms with E-state index in [9.17, 15) is 4.79 Å². The Balaban J connectivity index is 2.11. The normalized spacial score (nSPS) is 25.6. The molecule has 0 unspecified atom stereocenters. The summed E-state index contributed by atoms with van der Waals surface area (Å²) in [5.41, 5.74) is 5.62. The molecule has 0 radical (unpaired) electrons. The van der Waals surface area contributed by atoms with Gasteiger partial charge < -0.3 is 11.1 Å². The molecule has 0 aromatic rings. The first-order chi connectivity index (χ1) is 7.87. The average molecular weight is 240 g/mol. The van der Waals surface area contributed by atoms with E-state index >= 15 is 0 Å². The van der Waals surface area contributed by atoms with Crippen molar-refractivity contribution in [1.29, 1.82) is 0 Å². The van der Waals surface area contributed by atoms with Crippen molar-refractivity contribution in [3.8, 4) is 0 Å². The van der Waals surface area contributed by atoms with E-state index in [0.29, 0.717) is 12.3 Å². The Morgan fingerprint density at radius 2 is 1.88 bits per heavy atom. The van der Waals surface area contributed by atoms with Gasteiger partial charge in [-0.3, -0.25) is 4.79 Å². The SMILES string of the molecule is CC1CCC(CNC(=O)CCC(C)(C)N)CC1. The molecule has 0 aromatic heterocycles. The number of nitrogens with one attached hydrogen (secondary N) is 1. The van der Waals surface area contributed by atoms with Crippen LogP contribution >= 0.6 is 0 Å². The highest BCUT2D eigenvalue weighted by molar-refractivity contribution is 5.75. The van der Waals surface area contributed by atoms with Gasteiger partial charge in [-0.1, -0.05) is 19.8 Å². The van der Waals surface area contributed by atoms with Crippen molar-refractivity contribution < 1.29 is 4.79 Å². The monoisotopic (exact) mass is 240 g/mol. The van der Waals surface area contributed by atoms with Crippen LogP contribution in [-0.4, -0.2) is 18.0 Å². The van der Waals surface area contributed by atoms with Crippen molar-refractivity contribution >= 4 is 5.91 Å². The Morgan fingerprint density at radius 1 is 1.29 bits per heavy atom. The lowest BCUT2D eigenvalue weighted by Crippen LogP contribution is -2.36. The first-order valence-electron chi connectivity index (χ1n) is 6.92. The van der Waals surface area contributed by atoms with E-state index in [1.165, 1.54) is 25.7 Å². The molecule has 100 valence electrons. The van der Waals surface area contributed by atoms with Crippen LogP contribution < -0.4 is 11.1 Å². The second kappa shape index (κ2) is 6.39. The quantitative estimate of drug-likeness (QED) is 0.775. The highest BCUT2D eigenvalue weighted by Gasteiger charge is 2.19. The Morgan fingerprint density at radius 3 is 2.41 bits per heavy atom. The summed E-state index contributed by atoms with van der Waals surface area (Å²) in [6.45, 7) is 7.10. The Hall–Kier alpha value is -0.570. The fourth-order valence-electron chi connectivity index (χ4n) is 2.32. The second-order valence-corrected chi connectivity index (χ2v) is 6.42. The van der Waals surface area contributed by atoms with Crippen LogP contribution in [0.2, 0.25) is 0 Å². The molecule has 0 bridgehead atoms. The summed E-state index contributed by atoms with van der Waals surface area (Å²) >= 11 is 0. The maximum Gasteiger partial charge on any atom is 0.220 e. The third-order valence-electron chi connectivity index (χ3n) is 3.72. The summed E-state index contributed by atoms with van der Waals surface area (Å²) in [4.78, 5) is 11.6. The predicted molar refractivity (Wildman–Crippen MR) is 71.6 cm³/mol. The molecule has 0 aliphatic heterocycles. The smallest absolute Gasteiger partial charge is 0.220 e. The molecule has 0 spiro atoms. The fourth-order valence-corrected chi connectivity index (χ4v) is 2.32. The second-order valence-electron chi connectivity index (χ2n) is 6.42. The van der Waals surface area contributed by atoms with Crippen molar-refractivity contribution in [2.75, 3.05) is 6.54 Å². The number of hydrogen-bond acceptors (Lipinski definition) is 2. The average Bonchev–Trinajstić information content (AvgIpc) is 2.25. The maximum atomic E-state index is 11.6. The van der Waals surface area contributed by atoms with Crippen LogP contribution in [0.5, 0.6) is 0 Å². The molecule has 0 heterocycles. The number of carbonyl (C=O) groups is 1. The van der Waals surface area contributed by atoms with Gasteiger partial charge in [-0.15, -0.1) is 0 Å². The third-order valence-corrected chi connectivity index (χ3v) is 3.72. The lowest BCUT2D eigenvalue weighted by Gasteiger charge is -2.26. The van der Waals surface area contributed by atoms with Gasteiger partial charge in [0.05, 0.1) is 0 Å². The Labute approximate surface area is 106 Å². The van der Waals surface area contributed by atoms with Crippen molar-refractivity contribution in [1.82, 2.24) is 5.32 Å². The molecule has 1 saturated carbocycles. The molecule has 1 rings (SSSR count). The molecule has 1 aliphatic carbocycles. The van der Waals surface area contributed by atoms with Gasteiger partial charge in [0.25, 0.3) is 0 Å². The molecule has 3 N–H and O–H groups in total. The summed E-state index contributed by atoms with van der Waals surface area (Å²) in [6.07, 6.45) is 6.47. The topological polar surface area (TPSA) is 55.1 Å². The summed E-state index contributed by atoms with van der Waals surface area (Å²) in [7, 11) is 0. The van der Waals surface area contributed by atoms with E-state index in [4.69, 9.17) is 5.73 Å². The summed E-state index contributed by atoms with van der Waals surface area (Å²) in [6, 6.07) is 0. The van der Waals surface area contributed by atoms with Gasteiger partial charge >= 0.3 is 0 Å². The number of amides is 1. The largest absolute Gasteiger partial charge is 0.356 e. The maximum absolute atomic E-state index is 11.6. The highest BCUT2D eigenvalue weighted by atomic mass is 16.1. The minimum absolute atomic E-state index is 0.155. The van der Waals surface area contributed by atoms with E-state index in [2.05, 4.69) is 12.2 Å². The predicted octanol–water partition coefficient (Wildman–Crippen LogP) is 2.45. The molecular formula is C14H28N2O. The van der Waals surface area contributed by atoms with Gasteiger partial charge in [-0.2, -0.15) is 0 Å². The van der Waals surface area contributed by atoms with Crippen molar-refractivity contribution in [3.63, 3.8) is 0 Å². The fraction of sp³-hybridized carbons (Fsp3) is 0.929. The van der Waals surface area contributed by atoms with Crippen LogP contribution in [0.25, 0.3) is 0 Å². The molecule has 1 aliphatic rings. The van der Waals surface area contributed by atoms with Gasteiger partial charge in [-0.25, -0.2) is 0 Å². The minimum atomic E-state index is -0.238. The summed E-state index contributed by atoms with van der Waals surface area (Å²) < 4.78 is 0. The van der Waals surface area contributed by atoms with Crippen LogP contribution in [0.4, 0.5) is 0 Å². The van der Waals surface area contributed by atoms with E-state index in [1.807, 2.05) is 13.8 Å². The highest BCUT2D eigenvalue weighted by Crippen LogP contribution is 2.27. The Kier molecular flexibility index (Phi) is 5.44. The standard InChI is InChI=1S/C14H28N2O/c1-11-4-6-12(7-5-11)10-16-13(17)8-9-14(2,3)15/h11-12H,4-10,15H2,1-3H3,(H,16,17). The zero-order chi connectivity index (χ0) is 12.9. The number of rotatable bonds is 5. The van der Waals surface area contributed by atoms with Crippen LogP contribution in [-0.2, 0) is 4.79 Å². The van der Waals surface area contributed by atoms with Gasteiger partial charge in [-0.05, 0) is 44.9 Å². The number of hydrogen-bond donors (Lipinski definition) is 2. The number of nitrogens with two attached hydrogens (primary N) is 1. The molecule has 3 nitrogen and oxygen atoms in total. The van der Waals surface area contributed by atoms with E-state index in [1.54, 1.807) is 0 Å². The molecular weight excluding hydrogens is 212 g/mol. The lowest BCUT2D eigenvalue weighted by molar-refractivity contribution is -0.121. The molecule has 0 aromatic carbocycles. The van der Waals surface area contributed by atoms with Gasteiger partial charge in [0.1, 0.15) is 0 Å². The molecule has 0 saturated heterocycles. The van der Waals surface area contributed by atoms with Gasteiger partial charge in [0.2, 0.25) is 5.91 Å². The summed E-state index contributed by atoms with van der Waals surface area (Å²) in [5, 5.41) is 3.05.